The number of benzene rings is 2. The number of rotatable bonds is 3. The van der Waals surface area contributed by atoms with Gasteiger partial charge in [-0.15, -0.1) is 0 Å². The van der Waals surface area contributed by atoms with Crippen LogP contribution in [0.2, 0.25) is 0 Å². The van der Waals surface area contributed by atoms with Crippen LogP contribution >= 0.6 is 0 Å². The average Bonchev–Trinajstić information content (AvgIpc) is 2.38. The van der Waals surface area contributed by atoms with Crippen molar-refractivity contribution < 1.29 is 0 Å². The summed E-state index contributed by atoms with van der Waals surface area (Å²) in [5.74, 6) is 0. The lowest BCUT2D eigenvalue weighted by Crippen LogP contribution is -2.19. The van der Waals surface area contributed by atoms with Crippen LogP contribution in [0, 0.1) is 27.7 Å². The molecule has 0 aliphatic rings. The minimum atomic E-state index is 0.848. The number of nitrogens with zero attached hydrogens (tertiary/aromatic N) is 1. The van der Waals surface area contributed by atoms with E-state index in [0.29, 0.717) is 0 Å². The van der Waals surface area contributed by atoms with E-state index in [-0.39, 0.29) is 0 Å². The van der Waals surface area contributed by atoms with Gasteiger partial charge in [0.25, 0.3) is 0 Å². The van der Waals surface area contributed by atoms with Crippen LogP contribution in [0.4, 0.5) is 11.4 Å². The van der Waals surface area contributed by atoms with Crippen molar-refractivity contribution in [2.75, 3.05) is 17.7 Å². The van der Waals surface area contributed by atoms with Gasteiger partial charge in [0.1, 0.15) is 0 Å². The number of nitrogen functional groups attached to an aromatic ring is 1. The minimum absolute atomic E-state index is 0.848. The molecular weight excluding hydrogens is 244 g/mol. The molecule has 2 rings (SSSR count). The Morgan fingerprint density at radius 3 is 2.25 bits per heavy atom. The van der Waals surface area contributed by atoms with Crippen LogP contribution in [0.25, 0.3) is 0 Å². The summed E-state index contributed by atoms with van der Waals surface area (Å²) in [5, 5.41) is 0. The smallest absolute Gasteiger partial charge is 0.0603 e. The van der Waals surface area contributed by atoms with Crippen molar-refractivity contribution >= 4 is 11.4 Å². The second-order valence-corrected chi connectivity index (χ2v) is 5.78. The molecule has 2 heteroatoms. The summed E-state index contributed by atoms with van der Waals surface area (Å²) in [6, 6.07) is 10.8. The Hall–Kier alpha value is -1.96. The van der Waals surface area contributed by atoms with Gasteiger partial charge >= 0.3 is 0 Å². The van der Waals surface area contributed by atoms with E-state index >= 15 is 0 Å². The normalized spacial score (nSPS) is 10.7. The molecule has 0 saturated carbocycles. The molecule has 0 aliphatic carbocycles. The van der Waals surface area contributed by atoms with Crippen LogP contribution in [0.5, 0.6) is 0 Å². The molecule has 20 heavy (non-hydrogen) atoms. The molecule has 0 amide bonds. The summed E-state index contributed by atoms with van der Waals surface area (Å²) in [4.78, 5) is 2.23. The van der Waals surface area contributed by atoms with Crippen LogP contribution in [-0.2, 0) is 6.54 Å². The molecule has 2 N–H and O–H groups in total. The zero-order chi connectivity index (χ0) is 14.9. The van der Waals surface area contributed by atoms with Crippen LogP contribution in [-0.4, -0.2) is 7.05 Å². The van der Waals surface area contributed by atoms with Crippen LogP contribution in [0.15, 0.2) is 30.3 Å². The molecule has 0 spiro atoms. The maximum Gasteiger partial charge on any atom is 0.0603 e. The molecule has 0 unspecified atom stereocenters. The first-order valence-corrected chi connectivity index (χ1v) is 7.02. The third-order valence-electron chi connectivity index (χ3n) is 3.97. The third kappa shape index (κ3) is 2.96. The molecule has 0 fully saturated rings. The fourth-order valence-electron chi connectivity index (χ4n) is 2.47. The van der Waals surface area contributed by atoms with Gasteiger partial charge in [-0.2, -0.15) is 0 Å². The zero-order valence-electron chi connectivity index (χ0n) is 13.1. The Balaban J connectivity index is 2.30. The van der Waals surface area contributed by atoms with Gasteiger partial charge in [-0.25, -0.2) is 0 Å². The van der Waals surface area contributed by atoms with Crippen molar-refractivity contribution in [1.29, 1.82) is 0 Å². The van der Waals surface area contributed by atoms with E-state index in [2.05, 4.69) is 70.0 Å². The first-order chi connectivity index (χ1) is 9.38. The Morgan fingerprint density at radius 1 is 0.900 bits per heavy atom. The minimum Gasteiger partial charge on any atom is -0.397 e. The molecule has 0 atom stereocenters. The topological polar surface area (TPSA) is 29.3 Å². The Morgan fingerprint density at radius 2 is 1.55 bits per heavy atom. The predicted octanol–water partition coefficient (Wildman–Crippen LogP) is 4.14. The maximum absolute atomic E-state index is 6.17. The fraction of sp³-hybridized carbons (Fsp3) is 0.333. The molecule has 2 aromatic carbocycles. The van der Waals surface area contributed by atoms with Crippen molar-refractivity contribution in [2.45, 2.75) is 34.2 Å². The number of hydrogen-bond acceptors (Lipinski definition) is 2. The van der Waals surface area contributed by atoms with E-state index in [9.17, 15) is 0 Å². The highest BCUT2D eigenvalue weighted by molar-refractivity contribution is 5.69. The molecule has 2 nitrogen and oxygen atoms in total. The predicted molar refractivity (Wildman–Crippen MR) is 88.4 cm³/mol. The molecule has 0 saturated heterocycles. The monoisotopic (exact) mass is 268 g/mol. The number of aryl methyl sites for hydroxylation is 4. The standard InChI is InChI=1S/C18H24N2/c1-12-6-7-13(2)16(8-12)11-20(5)18-10-15(4)14(3)9-17(18)19/h6-10H,11,19H2,1-5H3. The van der Waals surface area contributed by atoms with Crippen molar-refractivity contribution in [3.63, 3.8) is 0 Å². The van der Waals surface area contributed by atoms with Crippen molar-refractivity contribution in [3.8, 4) is 0 Å². The first-order valence-electron chi connectivity index (χ1n) is 7.02. The highest BCUT2D eigenvalue weighted by Crippen LogP contribution is 2.27. The van der Waals surface area contributed by atoms with Crippen LogP contribution < -0.4 is 10.6 Å². The quantitative estimate of drug-likeness (QED) is 0.848. The van der Waals surface area contributed by atoms with E-state index < -0.39 is 0 Å². The lowest BCUT2D eigenvalue weighted by molar-refractivity contribution is 0.912. The first kappa shape index (κ1) is 14.4. The summed E-state index contributed by atoms with van der Waals surface area (Å²) >= 11 is 0. The van der Waals surface area contributed by atoms with Crippen molar-refractivity contribution in [3.05, 3.63) is 58.1 Å². The molecule has 106 valence electrons. The highest BCUT2D eigenvalue weighted by Gasteiger charge is 2.09. The van der Waals surface area contributed by atoms with Gasteiger partial charge in [0.05, 0.1) is 11.4 Å². The SMILES string of the molecule is Cc1ccc(C)c(CN(C)c2cc(C)c(C)cc2N)c1. The van der Waals surface area contributed by atoms with Gasteiger partial charge < -0.3 is 10.6 Å². The molecule has 0 bridgehead atoms. The molecule has 0 heterocycles. The Kier molecular flexibility index (Phi) is 4.03. The van der Waals surface area contributed by atoms with Gasteiger partial charge in [0.2, 0.25) is 0 Å². The van der Waals surface area contributed by atoms with Crippen molar-refractivity contribution in [1.82, 2.24) is 0 Å². The van der Waals surface area contributed by atoms with Gasteiger partial charge in [0, 0.05) is 13.6 Å². The van der Waals surface area contributed by atoms with Gasteiger partial charge in [-0.1, -0.05) is 23.8 Å². The van der Waals surface area contributed by atoms with E-state index in [1.54, 1.807) is 0 Å². The van der Waals surface area contributed by atoms with E-state index in [1.165, 1.54) is 27.8 Å². The lowest BCUT2D eigenvalue weighted by atomic mass is 10.0. The fourth-order valence-corrected chi connectivity index (χ4v) is 2.47. The van der Waals surface area contributed by atoms with Crippen LogP contribution in [0.3, 0.4) is 0 Å². The summed E-state index contributed by atoms with van der Waals surface area (Å²) in [5.41, 5.74) is 14.6. The summed E-state index contributed by atoms with van der Waals surface area (Å²) in [6.45, 7) is 9.39. The number of hydrogen-bond donors (Lipinski definition) is 1. The maximum atomic E-state index is 6.17. The molecular formula is C18H24N2. The van der Waals surface area contributed by atoms with Gasteiger partial charge in [0.15, 0.2) is 0 Å². The lowest BCUT2D eigenvalue weighted by Gasteiger charge is -2.23. The van der Waals surface area contributed by atoms with E-state index in [4.69, 9.17) is 5.73 Å². The number of nitrogens with two attached hydrogens (primary N) is 1. The second-order valence-electron chi connectivity index (χ2n) is 5.78. The highest BCUT2D eigenvalue weighted by atomic mass is 15.1. The third-order valence-corrected chi connectivity index (χ3v) is 3.97. The molecule has 0 radical (unpaired) electrons. The van der Waals surface area contributed by atoms with E-state index in [0.717, 1.165) is 17.9 Å². The number of anilines is 2. The summed E-state index contributed by atoms with van der Waals surface area (Å²) in [6.07, 6.45) is 0. The summed E-state index contributed by atoms with van der Waals surface area (Å²) < 4.78 is 0. The average molecular weight is 268 g/mol. The van der Waals surface area contributed by atoms with Crippen molar-refractivity contribution in [2.24, 2.45) is 0 Å². The molecule has 0 aliphatic heterocycles. The molecule has 0 aromatic heterocycles. The van der Waals surface area contributed by atoms with E-state index in [1.807, 2.05) is 0 Å². The summed E-state index contributed by atoms with van der Waals surface area (Å²) in [7, 11) is 2.10. The van der Waals surface area contributed by atoms with Gasteiger partial charge in [-0.3, -0.25) is 0 Å². The van der Waals surface area contributed by atoms with Gasteiger partial charge in [-0.05, 0) is 62.1 Å². The Labute approximate surface area is 122 Å². The molecule has 2 aromatic rings. The van der Waals surface area contributed by atoms with Crippen LogP contribution in [0.1, 0.15) is 27.8 Å². The zero-order valence-corrected chi connectivity index (χ0v) is 13.1. The Bertz CT molecular complexity index is 630. The second kappa shape index (κ2) is 5.58. The largest absolute Gasteiger partial charge is 0.397 e.